The van der Waals surface area contributed by atoms with E-state index in [0.29, 0.717) is 25.5 Å². The number of aromatic nitrogens is 1. The predicted molar refractivity (Wildman–Crippen MR) is 116 cm³/mol. The molecule has 1 saturated heterocycles. The second-order valence-electron chi connectivity index (χ2n) is 6.23. The fourth-order valence-corrected chi connectivity index (χ4v) is 2.90. The lowest BCUT2D eigenvalue weighted by molar-refractivity contribution is -0.117. The zero-order chi connectivity index (χ0) is 18.4. The Morgan fingerprint density at radius 3 is 2.59 bits per heavy atom. The van der Waals surface area contributed by atoms with Gasteiger partial charge in [-0.3, -0.25) is 9.79 Å². The maximum atomic E-state index is 11.8. The van der Waals surface area contributed by atoms with Crippen molar-refractivity contribution in [3.63, 3.8) is 0 Å². The van der Waals surface area contributed by atoms with Crippen molar-refractivity contribution in [1.82, 2.24) is 15.8 Å². The summed E-state index contributed by atoms with van der Waals surface area (Å²) in [4.78, 5) is 17.9. The van der Waals surface area contributed by atoms with E-state index in [-0.39, 0.29) is 29.9 Å². The van der Waals surface area contributed by atoms with Gasteiger partial charge in [-0.15, -0.1) is 24.0 Å². The van der Waals surface area contributed by atoms with Gasteiger partial charge in [0.25, 0.3) is 0 Å². The Balaban J connectivity index is 0.00000261. The number of amides is 1. The Bertz CT molecular complexity index is 773. The van der Waals surface area contributed by atoms with Crippen LogP contribution in [0.3, 0.4) is 0 Å². The van der Waals surface area contributed by atoms with Gasteiger partial charge in [0.1, 0.15) is 0 Å². The molecule has 0 unspecified atom stereocenters. The molecule has 27 heavy (non-hydrogen) atoms. The molecule has 2 heterocycles. The average molecular weight is 483 g/mol. The summed E-state index contributed by atoms with van der Waals surface area (Å²) in [6.45, 7) is 4.03. The lowest BCUT2D eigenvalue weighted by Gasteiger charge is -2.16. The number of hydrogen-bond acceptors (Lipinski definition) is 4. The fraction of sp³-hybridized carbons (Fsp3) is 0.421. The molecule has 2 aromatic rings. The molecule has 1 fully saturated rings. The van der Waals surface area contributed by atoms with Gasteiger partial charge in [0.15, 0.2) is 11.7 Å². The maximum Gasteiger partial charge on any atom is 0.227 e. The SMILES string of the molecule is CCc1cc(CNC(=NC)NCc2ccc(N3CCCC3=O)cc2)on1.I. The number of rotatable bonds is 6. The third-order valence-corrected chi connectivity index (χ3v) is 4.41. The smallest absolute Gasteiger partial charge is 0.227 e. The van der Waals surface area contributed by atoms with Crippen LogP contribution in [0.1, 0.15) is 36.8 Å². The van der Waals surface area contributed by atoms with Crippen LogP contribution in [-0.4, -0.2) is 30.6 Å². The van der Waals surface area contributed by atoms with E-state index in [1.807, 2.05) is 42.2 Å². The van der Waals surface area contributed by atoms with Crippen LogP contribution in [-0.2, 0) is 24.3 Å². The molecule has 0 atom stereocenters. The topological polar surface area (TPSA) is 82.8 Å². The number of aryl methyl sites for hydroxylation is 1. The van der Waals surface area contributed by atoms with E-state index in [2.05, 4.69) is 20.8 Å². The standard InChI is InChI=1S/C19H25N5O2.HI/c1-3-15-11-17(26-23-15)13-22-19(20-2)21-12-14-6-8-16(9-7-14)24-10-4-5-18(24)25;/h6-9,11H,3-5,10,12-13H2,1-2H3,(H2,20,21,22);1H. The van der Waals surface area contributed by atoms with Gasteiger partial charge in [-0.05, 0) is 30.5 Å². The van der Waals surface area contributed by atoms with Crippen LogP contribution < -0.4 is 15.5 Å². The van der Waals surface area contributed by atoms with E-state index in [4.69, 9.17) is 4.52 Å². The van der Waals surface area contributed by atoms with Crippen molar-refractivity contribution in [2.75, 3.05) is 18.5 Å². The first-order valence-corrected chi connectivity index (χ1v) is 8.98. The van der Waals surface area contributed by atoms with E-state index in [1.165, 1.54) is 0 Å². The molecular formula is C19H26IN5O2. The maximum absolute atomic E-state index is 11.8. The summed E-state index contributed by atoms with van der Waals surface area (Å²) in [5.74, 6) is 1.68. The summed E-state index contributed by atoms with van der Waals surface area (Å²) in [5.41, 5.74) is 3.04. The van der Waals surface area contributed by atoms with Gasteiger partial charge in [0.05, 0.1) is 12.2 Å². The van der Waals surface area contributed by atoms with Gasteiger partial charge in [-0.2, -0.15) is 0 Å². The van der Waals surface area contributed by atoms with Gasteiger partial charge in [0.2, 0.25) is 5.91 Å². The number of nitrogens with one attached hydrogen (secondary N) is 2. The van der Waals surface area contributed by atoms with Crippen LogP contribution in [0.4, 0.5) is 5.69 Å². The predicted octanol–water partition coefficient (Wildman–Crippen LogP) is 2.85. The molecule has 0 radical (unpaired) electrons. The van der Waals surface area contributed by atoms with E-state index in [9.17, 15) is 4.79 Å². The highest BCUT2D eigenvalue weighted by molar-refractivity contribution is 14.0. The average Bonchev–Trinajstić information content (AvgIpc) is 3.31. The van der Waals surface area contributed by atoms with Crippen molar-refractivity contribution in [3.8, 4) is 0 Å². The van der Waals surface area contributed by atoms with Crippen molar-refractivity contribution in [2.45, 2.75) is 39.3 Å². The number of benzene rings is 1. The van der Waals surface area contributed by atoms with E-state index < -0.39 is 0 Å². The summed E-state index contributed by atoms with van der Waals surface area (Å²) in [7, 11) is 1.73. The summed E-state index contributed by atoms with van der Waals surface area (Å²) in [5, 5.41) is 10.5. The molecule has 2 N–H and O–H groups in total. The molecule has 3 rings (SSSR count). The van der Waals surface area contributed by atoms with E-state index in [0.717, 1.165) is 42.1 Å². The highest BCUT2D eigenvalue weighted by Gasteiger charge is 2.21. The molecule has 1 amide bonds. The third kappa shape index (κ3) is 5.69. The van der Waals surface area contributed by atoms with Gasteiger partial charge in [0, 0.05) is 38.3 Å². The molecule has 0 aliphatic carbocycles. The largest absolute Gasteiger partial charge is 0.359 e. The van der Waals surface area contributed by atoms with Crippen LogP contribution in [0.2, 0.25) is 0 Å². The summed E-state index contributed by atoms with van der Waals surface area (Å²) in [6, 6.07) is 10.0. The van der Waals surface area contributed by atoms with E-state index >= 15 is 0 Å². The minimum atomic E-state index is 0. The first-order valence-electron chi connectivity index (χ1n) is 8.98. The van der Waals surface area contributed by atoms with E-state index in [1.54, 1.807) is 7.05 Å². The van der Waals surface area contributed by atoms with Gasteiger partial charge in [-0.25, -0.2) is 0 Å². The molecule has 146 valence electrons. The van der Waals surface area contributed by atoms with Crippen LogP contribution >= 0.6 is 24.0 Å². The minimum absolute atomic E-state index is 0. The second-order valence-corrected chi connectivity index (χ2v) is 6.23. The zero-order valence-corrected chi connectivity index (χ0v) is 18.0. The number of hydrogen-bond donors (Lipinski definition) is 2. The second kappa shape index (κ2) is 10.3. The highest BCUT2D eigenvalue weighted by Crippen LogP contribution is 2.21. The molecule has 8 heteroatoms. The number of carbonyl (C=O) groups excluding carboxylic acids is 1. The van der Waals surface area contributed by atoms with Crippen LogP contribution in [0, 0.1) is 0 Å². The van der Waals surface area contributed by atoms with Gasteiger partial charge < -0.3 is 20.1 Å². The van der Waals surface area contributed by atoms with Crippen molar-refractivity contribution >= 4 is 41.5 Å². The lowest BCUT2D eigenvalue weighted by atomic mass is 10.2. The molecule has 1 aliphatic heterocycles. The molecule has 0 bridgehead atoms. The van der Waals surface area contributed by atoms with Crippen LogP contribution in [0.5, 0.6) is 0 Å². The number of nitrogens with zero attached hydrogens (tertiary/aromatic N) is 3. The number of guanidine groups is 1. The molecule has 1 aliphatic rings. The molecular weight excluding hydrogens is 457 g/mol. The monoisotopic (exact) mass is 483 g/mol. The fourth-order valence-electron chi connectivity index (χ4n) is 2.90. The molecule has 0 spiro atoms. The van der Waals surface area contributed by atoms with Crippen molar-refractivity contribution < 1.29 is 9.32 Å². The number of carbonyl (C=O) groups is 1. The number of halogens is 1. The van der Waals surface area contributed by atoms with Gasteiger partial charge in [-0.1, -0.05) is 24.2 Å². The molecule has 7 nitrogen and oxygen atoms in total. The molecule has 1 aromatic heterocycles. The first kappa shape index (κ1) is 21.2. The summed E-state index contributed by atoms with van der Waals surface area (Å²) < 4.78 is 5.26. The zero-order valence-electron chi connectivity index (χ0n) is 15.7. The summed E-state index contributed by atoms with van der Waals surface area (Å²) >= 11 is 0. The van der Waals surface area contributed by atoms with Crippen molar-refractivity contribution in [1.29, 1.82) is 0 Å². The lowest BCUT2D eigenvalue weighted by Crippen LogP contribution is -2.36. The normalized spacial score (nSPS) is 14.2. The highest BCUT2D eigenvalue weighted by atomic mass is 127. The Morgan fingerprint density at radius 2 is 2.00 bits per heavy atom. The minimum Gasteiger partial charge on any atom is -0.359 e. The Morgan fingerprint density at radius 1 is 1.26 bits per heavy atom. The Kier molecular flexibility index (Phi) is 8.08. The van der Waals surface area contributed by atoms with Crippen molar-refractivity contribution in [3.05, 3.63) is 47.3 Å². The molecule has 1 aromatic carbocycles. The Hall–Kier alpha value is -2.10. The summed E-state index contributed by atoms with van der Waals surface area (Å²) in [6.07, 6.45) is 2.45. The number of anilines is 1. The van der Waals surface area contributed by atoms with Crippen LogP contribution in [0.15, 0.2) is 39.8 Å². The first-order chi connectivity index (χ1) is 12.7. The quantitative estimate of drug-likeness (QED) is 0.375. The van der Waals surface area contributed by atoms with Gasteiger partial charge >= 0.3 is 0 Å². The third-order valence-electron chi connectivity index (χ3n) is 4.41. The van der Waals surface area contributed by atoms with Crippen molar-refractivity contribution in [2.24, 2.45) is 4.99 Å². The van der Waals surface area contributed by atoms with Crippen LogP contribution in [0.25, 0.3) is 0 Å². The Labute approximate surface area is 176 Å². The molecule has 0 saturated carbocycles. The number of aliphatic imine (C=N–C) groups is 1.